The summed E-state index contributed by atoms with van der Waals surface area (Å²) in [5.74, 6) is -2.60. The van der Waals surface area contributed by atoms with Crippen LogP contribution in [0, 0.1) is 0 Å². The van der Waals surface area contributed by atoms with Crippen LogP contribution < -0.4 is 5.32 Å². The molecule has 1 amide bonds. The van der Waals surface area contributed by atoms with Gasteiger partial charge in [-0.2, -0.15) is 0 Å². The molecule has 2 aliphatic rings. The molecule has 236 valence electrons. The summed E-state index contributed by atoms with van der Waals surface area (Å²) in [6.45, 7) is 6.05. The van der Waals surface area contributed by atoms with Crippen molar-refractivity contribution in [3.8, 4) is 0 Å². The van der Waals surface area contributed by atoms with Gasteiger partial charge in [0, 0.05) is 45.4 Å². The molecule has 0 radical (unpaired) electrons. The molecule has 4 rings (SSSR count). The van der Waals surface area contributed by atoms with E-state index in [1.165, 1.54) is 46.4 Å². The molecule has 1 aliphatic heterocycles. The fourth-order valence-corrected chi connectivity index (χ4v) is 6.93. The highest BCUT2D eigenvalue weighted by molar-refractivity contribution is 7.99. The second-order valence-electron chi connectivity index (χ2n) is 10.8. The fraction of sp³-hybridized carbons (Fsp3) is 0.469. The molecule has 44 heavy (non-hydrogen) atoms. The average Bonchev–Trinajstić information content (AvgIpc) is 2.94. The third-order valence-electron chi connectivity index (χ3n) is 7.33. The van der Waals surface area contributed by atoms with Crippen molar-refractivity contribution in [2.45, 2.75) is 94.2 Å². The van der Waals surface area contributed by atoms with Gasteiger partial charge >= 0.3 is 23.9 Å². The van der Waals surface area contributed by atoms with E-state index in [0.29, 0.717) is 0 Å². The predicted molar refractivity (Wildman–Crippen MR) is 158 cm³/mol. The summed E-state index contributed by atoms with van der Waals surface area (Å²) in [5.41, 5.74) is 2.34. The average molecular weight is 628 g/mol. The van der Waals surface area contributed by atoms with E-state index in [0.717, 1.165) is 34.4 Å². The van der Waals surface area contributed by atoms with Gasteiger partial charge in [-0.05, 0) is 41.7 Å². The van der Waals surface area contributed by atoms with E-state index in [4.69, 9.17) is 23.7 Å². The van der Waals surface area contributed by atoms with Gasteiger partial charge in [-0.1, -0.05) is 48.2 Å². The minimum absolute atomic E-state index is 0.0600. The summed E-state index contributed by atoms with van der Waals surface area (Å²) in [6.07, 6.45) is -3.02. The number of thioether (sulfide) groups is 1. The van der Waals surface area contributed by atoms with E-state index in [1.54, 1.807) is 0 Å². The van der Waals surface area contributed by atoms with Gasteiger partial charge in [-0.15, -0.1) is 0 Å². The Kier molecular flexibility index (Phi) is 11.0. The van der Waals surface area contributed by atoms with Crippen LogP contribution in [-0.4, -0.2) is 66.2 Å². The summed E-state index contributed by atoms with van der Waals surface area (Å²) in [6, 6.07) is 15.9. The van der Waals surface area contributed by atoms with Crippen molar-refractivity contribution in [1.82, 2.24) is 5.32 Å². The topological polar surface area (TPSA) is 144 Å². The number of esters is 4. The van der Waals surface area contributed by atoms with E-state index < -0.39 is 53.7 Å². The van der Waals surface area contributed by atoms with E-state index in [-0.39, 0.29) is 24.5 Å². The minimum atomic E-state index is -1.23. The molecule has 7 atom stereocenters. The lowest BCUT2D eigenvalue weighted by Crippen LogP contribution is -2.61. The van der Waals surface area contributed by atoms with Gasteiger partial charge in [-0.25, -0.2) is 0 Å². The zero-order valence-electron chi connectivity index (χ0n) is 25.3. The Balaban J connectivity index is 1.67. The van der Waals surface area contributed by atoms with E-state index in [2.05, 4.69) is 11.4 Å². The van der Waals surface area contributed by atoms with Gasteiger partial charge in [0.15, 0.2) is 18.3 Å². The minimum Gasteiger partial charge on any atom is -0.463 e. The molecule has 2 aromatic carbocycles. The first kappa shape index (κ1) is 33.0. The van der Waals surface area contributed by atoms with Crippen molar-refractivity contribution >= 4 is 41.5 Å². The van der Waals surface area contributed by atoms with Crippen LogP contribution >= 0.6 is 11.8 Å². The number of hydrogen-bond acceptors (Lipinski definition) is 11. The van der Waals surface area contributed by atoms with Crippen molar-refractivity contribution in [3.63, 3.8) is 0 Å². The molecular formula is C32H37NO10S. The van der Waals surface area contributed by atoms with Crippen LogP contribution in [0.1, 0.15) is 76.1 Å². The van der Waals surface area contributed by atoms with Crippen LogP contribution in [0.15, 0.2) is 53.4 Å². The van der Waals surface area contributed by atoms with Gasteiger partial charge in [0.25, 0.3) is 0 Å². The van der Waals surface area contributed by atoms with E-state index >= 15 is 0 Å². The van der Waals surface area contributed by atoms with Crippen molar-refractivity contribution < 1.29 is 47.7 Å². The van der Waals surface area contributed by atoms with Gasteiger partial charge in [0.05, 0.1) is 6.04 Å². The lowest BCUT2D eigenvalue weighted by molar-refractivity contribution is -0.237. The highest BCUT2D eigenvalue weighted by atomic mass is 32.2. The fourth-order valence-electron chi connectivity index (χ4n) is 5.75. The quantitative estimate of drug-likeness (QED) is 0.319. The molecule has 0 aromatic heterocycles. The SMILES string of the molecule is CC(=O)N[C@@H]1CC[C@H](c2cccc(SC3OC(COC(C)=O)C(OC(C)=O)C(OC(C)=O)C3OC(C)=O)c2)c2ccccc21. The number of rotatable bonds is 9. The van der Waals surface area contributed by atoms with Crippen molar-refractivity contribution in [2.75, 3.05) is 6.61 Å². The number of benzene rings is 2. The maximum absolute atomic E-state index is 12.2. The van der Waals surface area contributed by atoms with E-state index in [9.17, 15) is 24.0 Å². The van der Waals surface area contributed by atoms with Gasteiger partial charge < -0.3 is 29.0 Å². The number of carbonyl (C=O) groups excluding carboxylic acids is 5. The molecule has 1 fully saturated rings. The Morgan fingerprint density at radius 2 is 1.41 bits per heavy atom. The summed E-state index contributed by atoms with van der Waals surface area (Å²) in [5, 5.41) is 3.05. The van der Waals surface area contributed by atoms with Crippen molar-refractivity contribution in [3.05, 3.63) is 65.2 Å². The van der Waals surface area contributed by atoms with Crippen molar-refractivity contribution in [2.24, 2.45) is 0 Å². The lowest BCUT2D eigenvalue weighted by Gasteiger charge is -2.44. The first-order valence-corrected chi connectivity index (χ1v) is 15.2. The molecule has 0 saturated carbocycles. The predicted octanol–water partition coefficient (Wildman–Crippen LogP) is 3.96. The van der Waals surface area contributed by atoms with Crippen LogP contribution in [0.3, 0.4) is 0 Å². The molecule has 1 heterocycles. The number of ether oxygens (including phenoxy) is 5. The van der Waals surface area contributed by atoms with Gasteiger partial charge in [-0.3, -0.25) is 24.0 Å². The number of fused-ring (bicyclic) bond motifs is 1. The zero-order valence-corrected chi connectivity index (χ0v) is 26.1. The summed E-state index contributed by atoms with van der Waals surface area (Å²) in [4.78, 5) is 60.6. The smallest absolute Gasteiger partial charge is 0.303 e. The van der Waals surface area contributed by atoms with Crippen LogP contribution in [0.5, 0.6) is 0 Å². The Hall–Kier alpha value is -3.90. The Bertz CT molecular complexity index is 1400. The zero-order chi connectivity index (χ0) is 32.0. The number of carbonyl (C=O) groups is 5. The molecule has 1 N–H and O–H groups in total. The van der Waals surface area contributed by atoms with Gasteiger partial charge in [0.2, 0.25) is 5.91 Å². The number of hydrogen-bond donors (Lipinski definition) is 1. The Morgan fingerprint density at radius 1 is 0.773 bits per heavy atom. The van der Waals surface area contributed by atoms with Gasteiger partial charge in [0.1, 0.15) is 18.1 Å². The van der Waals surface area contributed by atoms with E-state index in [1.807, 2.05) is 42.5 Å². The summed E-state index contributed by atoms with van der Waals surface area (Å²) >= 11 is 1.24. The molecule has 1 aliphatic carbocycles. The third kappa shape index (κ3) is 8.38. The monoisotopic (exact) mass is 627 g/mol. The Labute approximate surface area is 260 Å². The van der Waals surface area contributed by atoms with Crippen LogP contribution in [0.4, 0.5) is 0 Å². The molecule has 1 saturated heterocycles. The standard InChI is InChI=1S/C32H37NO10S/c1-17(34)33-27-14-13-24(25-11-6-7-12-26(25)27)22-9-8-10-23(15-22)44-32-31(42-21(5)38)30(41-20(4)37)29(40-19(3)36)28(43-32)16-39-18(2)35/h6-12,15,24,27-32H,13-14,16H2,1-5H3,(H,33,34)/t24-,27-,28?,29?,30?,31?,32?/m1/s1. The second-order valence-corrected chi connectivity index (χ2v) is 11.9. The van der Waals surface area contributed by atoms with Crippen LogP contribution in [0.25, 0.3) is 0 Å². The molecule has 5 unspecified atom stereocenters. The first-order chi connectivity index (χ1) is 20.9. The molecule has 12 heteroatoms. The summed E-state index contributed by atoms with van der Waals surface area (Å²) in [7, 11) is 0. The third-order valence-corrected chi connectivity index (χ3v) is 8.47. The van der Waals surface area contributed by atoms with Crippen LogP contribution in [0.2, 0.25) is 0 Å². The lowest BCUT2D eigenvalue weighted by atomic mass is 9.77. The normalized spacial score (nSPS) is 26.0. The number of nitrogens with one attached hydrogen (secondary N) is 1. The largest absolute Gasteiger partial charge is 0.463 e. The maximum Gasteiger partial charge on any atom is 0.303 e. The second kappa shape index (κ2) is 14.7. The molecule has 0 spiro atoms. The highest BCUT2D eigenvalue weighted by Crippen LogP contribution is 2.43. The molecule has 2 aromatic rings. The molecule has 0 bridgehead atoms. The highest BCUT2D eigenvalue weighted by Gasteiger charge is 2.52. The molecule has 11 nitrogen and oxygen atoms in total. The Morgan fingerprint density at radius 3 is 2.05 bits per heavy atom. The maximum atomic E-state index is 12.2. The molecular weight excluding hydrogens is 590 g/mol. The van der Waals surface area contributed by atoms with Crippen LogP contribution in [-0.2, 0) is 47.7 Å². The summed E-state index contributed by atoms with van der Waals surface area (Å²) < 4.78 is 28.1. The first-order valence-electron chi connectivity index (χ1n) is 14.4. The van der Waals surface area contributed by atoms with Crippen molar-refractivity contribution in [1.29, 1.82) is 0 Å². The number of amides is 1.